The second-order valence-corrected chi connectivity index (χ2v) is 4.86. The fourth-order valence-corrected chi connectivity index (χ4v) is 2.22. The fourth-order valence-electron chi connectivity index (χ4n) is 1.41. The minimum atomic E-state index is -0.249. The highest BCUT2D eigenvalue weighted by Crippen LogP contribution is 2.14. The van der Waals surface area contributed by atoms with Crippen molar-refractivity contribution in [3.63, 3.8) is 0 Å². The van der Waals surface area contributed by atoms with Gasteiger partial charge in [-0.1, -0.05) is 0 Å². The van der Waals surface area contributed by atoms with Crippen LogP contribution < -0.4 is 4.74 Å². The van der Waals surface area contributed by atoms with Crippen LogP contribution in [0.5, 0.6) is 5.75 Å². The van der Waals surface area contributed by atoms with Crippen molar-refractivity contribution in [1.82, 2.24) is 0 Å². The minimum Gasteiger partial charge on any atom is -0.494 e. The predicted molar refractivity (Wildman–Crippen MR) is 75.9 cm³/mol. The predicted octanol–water partition coefficient (Wildman–Crippen LogP) is 2.56. The molecule has 0 saturated heterocycles. The number of hydrogen-bond donors (Lipinski definition) is 0. The molecule has 0 saturated carbocycles. The molecule has 0 amide bonds. The Labute approximate surface area is 117 Å². The maximum atomic E-state index is 11.9. The number of esters is 1. The van der Waals surface area contributed by atoms with Gasteiger partial charge in [0.25, 0.3) is 0 Å². The van der Waals surface area contributed by atoms with Crippen LogP contribution in [0.1, 0.15) is 23.7 Å². The number of ether oxygens (including phenoxy) is 2. The number of carbonyl (C=O) groups excluding carboxylic acids is 2. The summed E-state index contributed by atoms with van der Waals surface area (Å²) in [4.78, 5) is 22.7. The van der Waals surface area contributed by atoms with E-state index in [4.69, 9.17) is 4.74 Å². The van der Waals surface area contributed by atoms with Crippen molar-refractivity contribution >= 4 is 23.5 Å². The summed E-state index contributed by atoms with van der Waals surface area (Å²) < 4.78 is 9.84. The lowest BCUT2D eigenvalue weighted by atomic mass is 10.1. The van der Waals surface area contributed by atoms with Crippen LogP contribution in [0.15, 0.2) is 24.3 Å². The first-order valence-electron chi connectivity index (χ1n) is 6.08. The Bertz CT molecular complexity index is 414. The molecule has 0 heterocycles. The number of methoxy groups -OCH3 is 1. The topological polar surface area (TPSA) is 52.6 Å². The molecule has 0 fully saturated rings. The number of rotatable bonds is 8. The van der Waals surface area contributed by atoms with Crippen molar-refractivity contribution in [2.45, 2.75) is 13.3 Å². The number of thioether (sulfide) groups is 1. The van der Waals surface area contributed by atoms with Crippen LogP contribution >= 0.6 is 11.8 Å². The largest absolute Gasteiger partial charge is 0.494 e. The number of carbonyl (C=O) groups is 2. The molecule has 1 rings (SSSR count). The summed E-state index contributed by atoms with van der Waals surface area (Å²) in [5, 5.41) is 0. The molecule has 0 aromatic heterocycles. The summed E-state index contributed by atoms with van der Waals surface area (Å²) in [5.74, 6) is 1.52. The van der Waals surface area contributed by atoms with Gasteiger partial charge in [-0.25, -0.2) is 0 Å². The van der Waals surface area contributed by atoms with E-state index in [0.29, 0.717) is 30.1 Å². The quantitative estimate of drug-likeness (QED) is 0.417. The van der Waals surface area contributed by atoms with Gasteiger partial charge in [0.05, 0.1) is 25.9 Å². The van der Waals surface area contributed by atoms with E-state index in [-0.39, 0.29) is 11.8 Å². The number of Topliss-reactive ketones (excluding diaryl/α,β-unsaturated/α-hetero) is 1. The monoisotopic (exact) mass is 282 g/mol. The molecule has 1 aromatic carbocycles. The highest BCUT2D eigenvalue weighted by molar-refractivity contribution is 8.00. The normalized spacial score (nSPS) is 10.0. The third kappa shape index (κ3) is 5.79. The van der Waals surface area contributed by atoms with Gasteiger partial charge in [0.15, 0.2) is 5.78 Å². The molecule has 104 valence electrons. The third-order valence-electron chi connectivity index (χ3n) is 2.40. The van der Waals surface area contributed by atoms with Gasteiger partial charge in [0.1, 0.15) is 5.75 Å². The van der Waals surface area contributed by atoms with Gasteiger partial charge in [-0.2, -0.15) is 11.8 Å². The van der Waals surface area contributed by atoms with Crippen molar-refractivity contribution in [1.29, 1.82) is 0 Å². The molecule has 0 atom stereocenters. The lowest BCUT2D eigenvalue weighted by Crippen LogP contribution is -2.05. The molecular weight excluding hydrogens is 264 g/mol. The Morgan fingerprint density at radius 2 is 1.89 bits per heavy atom. The van der Waals surface area contributed by atoms with Crippen molar-refractivity contribution in [2.75, 3.05) is 25.2 Å². The standard InChI is InChI=1S/C14H18O4S/c1-3-18-12-6-4-11(5-7-12)13(15)10-19-9-8-14(16)17-2/h4-7H,3,8-10H2,1-2H3. The Hall–Kier alpha value is -1.49. The van der Waals surface area contributed by atoms with Gasteiger partial charge in [-0.3, -0.25) is 9.59 Å². The smallest absolute Gasteiger partial charge is 0.306 e. The summed E-state index contributed by atoms with van der Waals surface area (Å²) in [6.45, 7) is 2.52. The lowest BCUT2D eigenvalue weighted by Gasteiger charge is -2.04. The molecule has 19 heavy (non-hydrogen) atoms. The molecule has 0 N–H and O–H groups in total. The first-order chi connectivity index (χ1) is 9.17. The average molecular weight is 282 g/mol. The molecule has 5 heteroatoms. The summed E-state index contributed by atoms with van der Waals surface area (Å²) >= 11 is 1.43. The SMILES string of the molecule is CCOc1ccc(C(=O)CSCCC(=O)OC)cc1. The Kier molecular flexibility index (Phi) is 7.03. The Morgan fingerprint density at radius 1 is 1.21 bits per heavy atom. The van der Waals surface area contributed by atoms with Crippen molar-refractivity contribution < 1.29 is 19.1 Å². The average Bonchev–Trinajstić information content (AvgIpc) is 2.44. The van der Waals surface area contributed by atoms with E-state index < -0.39 is 0 Å². The van der Waals surface area contributed by atoms with Gasteiger partial charge >= 0.3 is 5.97 Å². The minimum absolute atomic E-state index is 0.0536. The molecule has 0 radical (unpaired) electrons. The van der Waals surface area contributed by atoms with Gasteiger partial charge in [-0.15, -0.1) is 0 Å². The molecule has 0 spiro atoms. The number of ketones is 1. The van der Waals surface area contributed by atoms with E-state index in [1.165, 1.54) is 18.9 Å². The van der Waals surface area contributed by atoms with Crippen molar-refractivity contribution in [3.8, 4) is 5.75 Å². The van der Waals surface area contributed by atoms with Crippen LogP contribution in [0.25, 0.3) is 0 Å². The van der Waals surface area contributed by atoms with Gasteiger partial charge < -0.3 is 9.47 Å². The molecule has 4 nitrogen and oxygen atoms in total. The summed E-state index contributed by atoms with van der Waals surface area (Å²) in [7, 11) is 1.36. The van der Waals surface area contributed by atoms with E-state index in [2.05, 4.69) is 4.74 Å². The second-order valence-electron chi connectivity index (χ2n) is 3.76. The van der Waals surface area contributed by atoms with E-state index in [0.717, 1.165) is 5.75 Å². The van der Waals surface area contributed by atoms with E-state index in [1.807, 2.05) is 6.92 Å². The Morgan fingerprint density at radius 3 is 2.47 bits per heavy atom. The first kappa shape index (κ1) is 15.6. The van der Waals surface area contributed by atoms with E-state index >= 15 is 0 Å². The molecule has 1 aromatic rings. The highest BCUT2D eigenvalue weighted by Gasteiger charge is 2.07. The van der Waals surface area contributed by atoms with Crippen LogP contribution in [0.2, 0.25) is 0 Å². The van der Waals surface area contributed by atoms with Crippen LogP contribution in [-0.4, -0.2) is 37.0 Å². The zero-order valence-corrected chi connectivity index (χ0v) is 12.0. The van der Waals surface area contributed by atoms with Gasteiger partial charge in [-0.05, 0) is 31.2 Å². The maximum Gasteiger partial charge on any atom is 0.306 e. The molecule has 0 aliphatic rings. The van der Waals surface area contributed by atoms with E-state index in [1.54, 1.807) is 24.3 Å². The summed E-state index contributed by atoms with van der Waals surface area (Å²) in [5.41, 5.74) is 0.661. The first-order valence-corrected chi connectivity index (χ1v) is 7.23. The van der Waals surface area contributed by atoms with Crippen LogP contribution in [0.4, 0.5) is 0 Å². The van der Waals surface area contributed by atoms with E-state index in [9.17, 15) is 9.59 Å². The molecular formula is C14H18O4S. The molecule has 0 aliphatic heterocycles. The molecule has 0 aliphatic carbocycles. The third-order valence-corrected chi connectivity index (χ3v) is 3.36. The van der Waals surface area contributed by atoms with Crippen LogP contribution in [0.3, 0.4) is 0 Å². The summed E-state index contributed by atoms with van der Waals surface area (Å²) in [6.07, 6.45) is 0.331. The molecule has 0 unspecified atom stereocenters. The lowest BCUT2D eigenvalue weighted by molar-refractivity contribution is -0.140. The zero-order valence-electron chi connectivity index (χ0n) is 11.2. The highest BCUT2D eigenvalue weighted by atomic mass is 32.2. The van der Waals surface area contributed by atoms with Crippen LogP contribution in [-0.2, 0) is 9.53 Å². The molecule has 0 bridgehead atoms. The number of benzene rings is 1. The summed E-state index contributed by atoms with van der Waals surface area (Å²) in [6, 6.07) is 7.09. The second kappa shape index (κ2) is 8.58. The van der Waals surface area contributed by atoms with Gasteiger partial charge in [0, 0.05) is 11.3 Å². The number of hydrogen-bond acceptors (Lipinski definition) is 5. The van der Waals surface area contributed by atoms with Crippen molar-refractivity contribution in [3.05, 3.63) is 29.8 Å². The van der Waals surface area contributed by atoms with Crippen molar-refractivity contribution in [2.24, 2.45) is 0 Å². The van der Waals surface area contributed by atoms with Gasteiger partial charge in [0.2, 0.25) is 0 Å². The maximum absolute atomic E-state index is 11.9. The van der Waals surface area contributed by atoms with Crippen LogP contribution in [0, 0.1) is 0 Å². The fraction of sp³-hybridized carbons (Fsp3) is 0.429. The zero-order chi connectivity index (χ0) is 14.1. The Balaban J connectivity index is 2.34.